The molecule has 0 radical (unpaired) electrons. The Morgan fingerprint density at radius 3 is 1.62 bits per heavy atom. The highest BCUT2D eigenvalue weighted by Crippen LogP contribution is 2.63. The molecule has 26 heavy (non-hydrogen) atoms. The molecule has 0 aromatic rings. The van der Waals surface area contributed by atoms with Crippen LogP contribution in [0.15, 0.2) is 0 Å². The number of rotatable bonds is 12. The Labute approximate surface area is 156 Å². The van der Waals surface area contributed by atoms with E-state index in [9.17, 15) is 13.2 Å². The zero-order valence-corrected chi connectivity index (χ0v) is 17.6. The minimum atomic E-state index is -4.77. The molecule has 0 aliphatic heterocycles. The normalized spacial score (nSPS) is 21.6. The van der Waals surface area contributed by atoms with Gasteiger partial charge in [0.2, 0.25) is 0 Å². The Morgan fingerprint density at radius 1 is 0.769 bits per heavy atom. The molecule has 0 aromatic carbocycles. The quantitative estimate of drug-likeness (QED) is 0.316. The molecule has 0 bridgehead atoms. The average Bonchev–Trinajstić information content (AvgIpc) is 2.59. The Hall–Kier alpha value is -0.390. The van der Waals surface area contributed by atoms with Crippen molar-refractivity contribution in [2.24, 2.45) is 10.8 Å². The fourth-order valence-corrected chi connectivity index (χ4v) is 3.37. The number of ether oxygens (including phenoxy) is 1. The van der Waals surface area contributed by atoms with E-state index in [1.807, 2.05) is 13.8 Å². The third-order valence-electron chi connectivity index (χ3n) is 6.86. The molecule has 0 aliphatic rings. The summed E-state index contributed by atoms with van der Waals surface area (Å²) in [6.07, 6.45) is 0.346. The highest BCUT2D eigenvalue weighted by molar-refractivity contribution is 5.10. The van der Waals surface area contributed by atoms with Crippen LogP contribution >= 0.6 is 0 Å². The smallest absolute Gasteiger partial charge is 0.343 e. The van der Waals surface area contributed by atoms with Gasteiger partial charge in [-0.3, -0.25) is 0 Å². The summed E-state index contributed by atoms with van der Waals surface area (Å²) in [5.74, 6) is -9.27. The molecule has 0 fully saturated rings. The first kappa shape index (κ1) is 25.6. The Kier molecular flexibility index (Phi) is 8.61. The molecule has 0 saturated carbocycles. The maximum atomic E-state index is 15.2. The van der Waals surface area contributed by atoms with Crippen molar-refractivity contribution in [3.8, 4) is 0 Å². The van der Waals surface area contributed by atoms with Gasteiger partial charge in [-0.2, -0.15) is 17.6 Å². The number of hydrogen-bond acceptors (Lipinski definition) is 1. The lowest BCUT2D eigenvalue weighted by Crippen LogP contribution is -2.65. The van der Waals surface area contributed by atoms with Crippen molar-refractivity contribution in [2.75, 3.05) is 6.61 Å². The minimum Gasteiger partial charge on any atom is -0.378 e. The van der Waals surface area contributed by atoms with E-state index in [4.69, 9.17) is 4.74 Å². The molecule has 158 valence electrons. The van der Waals surface area contributed by atoms with Crippen LogP contribution in [0.1, 0.15) is 87.5 Å². The molecule has 0 N–H and O–H groups in total. The highest BCUT2D eigenvalue weighted by atomic mass is 19.3. The summed E-state index contributed by atoms with van der Waals surface area (Å²) in [7, 11) is 0. The van der Waals surface area contributed by atoms with Crippen molar-refractivity contribution < 1.29 is 26.7 Å². The molecule has 0 aromatic heterocycles. The van der Waals surface area contributed by atoms with E-state index in [2.05, 4.69) is 0 Å². The SMILES string of the molecule is CCC(C)OCCC(C)(CC)C(C)(CC)C(F)(F)C(F)(F)C(C)(F)CC. The van der Waals surface area contributed by atoms with Crippen LogP contribution in [0.25, 0.3) is 0 Å². The van der Waals surface area contributed by atoms with Crippen molar-refractivity contribution in [1.82, 2.24) is 0 Å². The van der Waals surface area contributed by atoms with Crippen LogP contribution in [0.2, 0.25) is 0 Å². The van der Waals surface area contributed by atoms with Crippen LogP contribution in [0.4, 0.5) is 22.0 Å². The summed E-state index contributed by atoms with van der Waals surface area (Å²) < 4.78 is 79.8. The molecule has 4 atom stereocenters. The van der Waals surface area contributed by atoms with Gasteiger partial charge < -0.3 is 4.74 Å². The second-order valence-electron chi connectivity index (χ2n) is 8.14. The van der Waals surface area contributed by atoms with Crippen LogP contribution < -0.4 is 0 Å². The van der Waals surface area contributed by atoms with Gasteiger partial charge in [0.25, 0.3) is 0 Å². The summed E-state index contributed by atoms with van der Waals surface area (Å²) >= 11 is 0. The van der Waals surface area contributed by atoms with E-state index in [1.165, 1.54) is 13.8 Å². The van der Waals surface area contributed by atoms with Crippen molar-refractivity contribution in [2.45, 2.75) is 111 Å². The van der Waals surface area contributed by atoms with E-state index in [0.717, 1.165) is 13.3 Å². The van der Waals surface area contributed by atoms with Crippen molar-refractivity contribution in [3.63, 3.8) is 0 Å². The van der Waals surface area contributed by atoms with E-state index in [-0.39, 0.29) is 32.0 Å². The molecular weight excluding hydrogens is 351 g/mol. The predicted octanol–water partition coefficient (Wildman–Crippen LogP) is 7.43. The first-order valence-electron chi connectivity index (χ1n) is 9.70. The molecule has 6 heteroatoms. The minimum absolute atomic E-state index is 0.0276. The number of halogens is 5. The first-order valence-corrected chi connectivity index (χ1v) is 9.70. The van der Waals surface area contributed by atoms with Gasteiger partial charge in [0.1, 0.15) is 0 Å². The van der Waals surface area contributed by atoms with E-state index in [0.29, 0.717) is 6.92 Å². The van der Waals surface area contributed by atoms with Crippen LogP contribution in [0.3, 0.4) is 0 Å². The lowest BCUT2D eigenvalue weighted by Gasteiger charge is -2.53. The zero-order valence-electron chi connectivity index (χ0n) is 17.6. The van der Waals surface area contributed by atoms with Gasteiger partial charge in [-0.05, 0) is 51.4 Å². The van der Waals surface area contributed by atoms with Crippen LogP contribution in [-0.2, 0) is 4.74 Å². The number of alkyl halides is 5. The molecule has 4 unspecified atom stereocenters. The topological polar surface area (TPSA) is 9.23 Å². The molecule has 0 spiro atoms. The second kappa shape index (κ2) is 8.74. The van der Waals surface area contributed by atoms with E-state index >= 15 is 8.78 Å². The van der Waals surface area contributed by atoms with Crippen LogP contribution in [0, 0.1) is 10.8 Å². The largest absolute Gasteiger partial charge is 0.378 e. The van der Waals surface area contributed by atoms with E-state index < -0.39 is 34.8 Å². The summed E-state index contributed by atoms with van der Waals surface area (Å²) in [6.45, 7) is 11.7. The third-order valence-corrected chi connectivity index (χ3v) is 6.86. The van der Waals surface area contributed by atoms with Gasteiger partial charge in [0.15, 0.2) is 5.67 Å². The lowest BCUT2D eigenvalue weighted by atomic mass is 9.56. The van der Waals surface area contributed by atoms with Gasteiger partial charge in [-0.15, -0.1) is 0 Å². The van der Waals surface area contributed by atoms with Gasteiger partial charge in [0.05, 0.1) is 6.10 Å². The molecule has 0 amide bonds. The predicted molar refractivity (Wildman–Crippen MR) is 96.8 cm³/mol. The zero-order chi connectivity index (χ0) is 21.0. The highest BCUT2D eigenvalue weighted by Gasteiger charge is 2.75. The molecule has 0 aliphatic carbocycles. The van der Waals surface area contributed by atoms with E-state index in [1.54, 1.807) is 13.8 Å². The average molecular weight is 389 g/mol. The van der Waals surface area contributed by atoms with Crippen molar-refractivity contribution >= 4 is 0 Å². The van der Waals surface area contributed by atoms with Crippen LogP contribution in [0.5, 0.6) is 0 Å². The fraction of sp³-hybridized carbons (Fsp3) is 1.00. The van der Waals surface area contributed by atoms with Gasteiger partial charge in [-0.25, -0.2) is 4.39 Å². The maximum absolute atomic E-state index is 15.2. The van der Waals surface area contributed by atoms with Crippen LogP contribution in [-0.4, -0.2) is 30.2 Å². The summed E-state index contributed by atoms with van der Waals surface area (Å²) in [5, 5.41) is 0. The maximum Gasteiger partial charge on any atom is 0.343 e. The number of hydrogen-bond donors (Lipinski definition) is 0. The van der Waals surface area contributed by atoms with Gasteiger partial charge in [0, 0.05) is 12.0 Å². The molecule has 0 heterocycles. The first-order chi connectivity index (χ1) is 11.6. The van der Waals surface area contributed by atoms with Gasteiger partial charge >= 0.3 is 11.8 Å². The fourth-order valence-electron chi connectivity index (χ4n) is 3.37. The monoisotopic (exact) mass is 388 g/mol. The summed E-state index contributed by atoms with van der Waals surface area (Å²) in [4.78, 5) is 0. The standard InChI is InChI=1S/C20H37F5O/c1-9-15(5)26-14-13-16(6,10-2)17(7,11-3)19(22,23)20(24,25)18(8,21)12-4/h15H,9-14H2,1-8H3. The summed E-state index contributed by atoms with van der Waals surface area (Å²) in [6, 6.07) is 0. The third kappa shape index (κ3) is 4.20. The Bertz CT molecular complexity index is 438. The Morgan fingerprint density at radius 2 is 1.27 bits per heavy atom. The lowest BCUT2D eigenvalue weighted by molar-refractivity contribution is -0.331. The molecule has 1 nitrogen and oxygen atoms in total. The second-order valence-corrected chi connectivity index (χ2v) is 8.14. The van der Waals surface area contributed by atoms with Crippen molar-refractivity contribution in [1.29, 1.82) is 0 Å². The molecule has 0 rings (SSSR count). The molecular formula is C20H37F5O. The summed E-state index contributed by atoms with van der Waals surface area (Å²) in [5.41, 5.74) is -6.50. The molecule has 0 saturated heterocycles. The van der Waals surface area contributed by atoms with Crippen molar-refractivity contribution in [3.05, 3.63) is 0 Å². The Balaban J connectivity index is 5.94. The van der Waals surface area contributed by atoms with Gasteiger partial charge in [-0.1, -0.05) is 41.5 Å².